The smallest absolute Gasteiger partial charge is 0.416 e. The van der Waals surface area contributed by atoms with Gasteiger partial charge in [0.25, 0.3) is 0 Å². The summed E-state index contributed by atoms with van der Waals surface area (Å²) in [7, 11) is 0. The Balaban J connectivity index is 1.84. The third kappa shape index (κ3) is 4.74. The first kappa shape index (κ1) is 22.1. The molecule has 0 aliphatic carbocycles. The lowest BCUT2D eigenvalue weighted by molar-refractivity contribution is -0.137. The average Bonchev–Trinajstić information content (AvgIpc) is 3.19. The number of alkyl halides is 3. The monoisotopic (exact) mass is 452 g/mol. The summed E-state index contributed by atoms with van der Waals surface area (Å²) in [6, 6.07) is 20.5. The van der Waals surface area contributed by atoms with Gasteiger partial charge in [0.2, 0.25) is 0 Å². The molecule has 4 rings (SSSR count). The number of hydrogen-bond acceptors (Lipinski definition) is 3. The minimum atomic E-state index is -4.54. The van der Waals surface area contributed by atoms with Crippen LogP contribution in [0.1, 0.15) is 27.3 Å². The molecular formula is C25H19F3N2O3. The Morgan fingerprint density at radius 1 is 1.00 bits per heavy atom. The molecule has 0 fully saturated rings. The quantitative estimate of drug-likeness (QED) is 0.382. The Hall–Kier alpha value is -4.07. The van der Waals surface area contributed by atoms with Crippen LogP contribution in [-0.2, 0) is 12.8 Å². The molecule has 0 spiro atoms. The third-order valence-corrected chi connectivity index (χ3v) is 5.08. The van der Waals surface area contributed by atoms with E-state index >= 15 is 0 Å². The zero-order valence-corrected chi connectivity index (χ0v) is 17.5. The molecule has 2 aromatic carbocycles. The number of hydrogen-bond donors (Lipinski definition) is 1. The molecule has 0 atom stereocenters. The van der Waals surface area contributed by atoms with Crippen molar-refractivity contribution in [3.05, 3.63) is 101 Å². The van der Waals surface area contributed by atoms with Gasteiger partial charge in [-0.15, -0.1) is 0 Å². The van der Waals surface area contributed by atoms with Crippen molar-refractivity contribution >= 4 is 5.97 Å². The van der Waals surface area contributed by atoms with E-state index in [0.29, 0.717) is 11.4 Å². The highest BCUT2D eigenvalue weighted by atomic mass is 19.4. The number of ether oxygens (including phenoxy) is 1. The summed E-state index contributed by atoms with van der Waals surface area (Å²) in [6.45, 7) is 1.93. The molecule has 0 amide bonds. The van der Waals surface area contributed by atoms with E-state index in [4.69, 9.17) is 4.74 Å². The van der Waals surface area contributed by atoms with Crippen LogP contribution in [-0.4, -0.2) is 20.6 Å². The zero-order chi connectivity index (χ0) is 23.6. The van der Waals surface area contributed by atoms with Crippen LogP contribution >= 0.6 is 0 Å². The Morgan fingerprint density at radius 3 is 2.45 bits per heavy atom. The summed E-state index contributed by atoms with van der Waals surface area (Å²) >= 11 is 0. The summed E-state index contributed by atoms with van der Waals surface area (Å²) in [4.78, 5) is 15.5. The maximum Gasteiger partial charge on any atom is 0.416 e. The van der Waals surface area contributed by atoms with Crippen LogP contribution in [0, 0.1) is 6.92 Å². The summed E-state index contributed by atoms with van der Waals surface area (Å²) < 4.78 is 48.1. The Labute approximate surface area is 187 Å². The highest BCUT2D eigenvalue weighted by molar-refractivity contribution is 5.85. The Morgan fingerprint density at radius 2 is 1.76 bits per heavy atom. The molecule has 4 aromatic rings. The van der Waals surface area contributed by atoms with E-state index in [1.807, 2.05) is 30.3 Å². The number of aryl methyl sites for hydroxylation is 1. The van der Waals surface area contributed by atoms with E-state index in [0.717, 1.165) is 17.7 Å². The SMILES string of the molecule is Cc1ccc(-c2cc(C(F)(F)F)ccc2OCc2ccccc2)n1-c1cccc(C(=O)O)n1. The molecule has 0 saturated heterocycles. The molecule has 5 nitrogen and oxygen atoms in total. The van der Waals surface area contributed by atoms with Gasteiger partial charge in [0.1, 0.15) is 18.2 Å². The molecule has 0 unspecified atom stereocenters. The van der Waals surface area contributed by atoms with Gasteiger partial charge >= 0.3 is 12.1 Å². The summed E-state index contributed by atoms with van der Waals surface area (Å²) in [6.07, 6.45) is -4.54. The number of benzene rings is 2. The third-order valence-electron chi connectivity index (χ3n) is 5.08. The van der Waals surface area contributed by atoms with E-state index < -0.39 is 17.7 Å². The fourth-order valence-electron chi connectivity index (χ4n) is 3.49. The van der Waals surface area contributed by atoms with Crippen molar-refractivity contribution in [2.45, 2.75) is 19.7 Å². The first-order valence-electron chi connectivity index (χ1n) is 10.0. The van der Waals surface area contributed by atoms with Gasteiger partial charge in [0.15, 0.2) is 5.69 Å². The number of nitrogens with zero attached hydrogens (tertiary/aromatic N) is 2. The maximum atomic E-state index is 13.5. The second kappa shape index (κ2) is 8.82. The average molecular weight is 452 g/mol. The summed E-state index contributed by atoms with van der Waals surface area (Å²) in [5.74, 6) is -0.659. The van der Waals surface area contributed by atoms with Crippen LogP contribution in [0.3, 0.4) is 0 Å². The Bertz CT molecular complexity index is 1300. The van der Waals surface area contributed by atoms with Gasteiger partial charge in [-0.3, -0.25) is 4.57 Å². The maximum absolute atomic E-state index is 13.5. The minimum absolute atomic E-state index is 0.170. The number of aromatic carboxylic acids is 1. The highest BCUT2D eigenvalue weighted by Gasteiger charge is 2.32. The molecule has 0 aliphatic heterocycles. The molecule has 0 aliphatic rings. The van der Waals surface area contributed by atoms with Crippen LogP contribution in [0.2, 0.25) is 0 Å². The minimum Gasteiger partial charge on any atom is -0.488 e. The second-order valence-corrected chi connectivity index (χ2v) is 7.36. The fraction of sp³-hybridized carbons (Fsp3) is 0.120. The molecular weight excluding hydrogens is 433 g/mol. The number of carbonyl (C=O) groups is 1. The highest BCUT2D eigenvalue weighted by Crippen LogP contribution is 2.39. The number of carboxylic acids is 1. The van der Waals surface area contributed by atoms with Crippen LogP contribution in [0.5, 0.6) is 5.75 Å². The number of aromatic nitrogens is 2. The van der Waals surface area contributed by atoms with E-state index in [-0.39, 0.29) is 29.4 Å². The molecule has 0 radical (unpaired) electrons. The standard InChI is InChI=1S/C25H19F3N2O3/c1-16-10-12-21(30(16)23-9-5-8-20(29-23)24(31)32)19-14-18(25(26,27)28)11-13-22(19)33-15-17-6-3-2-4-7-17/h2-14H,15H2,1H3,(H,31,32). The molecule has 33 heavy (non-hydrogen) atoms. The van der Waals surface area contributed by atoms with Gasteiger partial charge in [-0.05, 0) is 55.0 Å². The number of pyridine rings is 1. The van der Waals surface area contributed by atoms with Crippen molar-refractivity contribution in [1.29, 1.82) is 0 Å². The number of rotatable bonds is 6. The first-order valence-corrected chi connectivity index (χ1v) is 10.0. The van der Waals surface area contributed by atoms with Gasteiger partial charge in [0, 0.05) is 11.3 Å². The number of halogens is 3. The van der Waals surface area contributed by atoms with E-state index in [2.05, 4.69) is 4.98 Å². The van der Waals surface area contributed by atoms with Gasteiger partial charge < -0.3 is 9.84 Å². The first-order chi connectivity index (χ1) is 15.7. The van der Waals surface area contributed by atoms with Crippen molar-refractivity contribution in [3.8, 4) is 22.8 Å². The van der Waals surface area contributed by atoms with Crippen molar-refractivity contribution in [2.24, 2.45) is 0 Å². The normalized spacial score (nSPS) is 11.4. The van der Waals surface area contributed by atoms with Crippen molar-refractivity contribution < 1.29 is 27.8 Å². The van der Waals surface area contributed by atoms with E-state index in [1.54, 1.807) is 29.7 Å². The van der Waals surface area contributed by atoms with Crippen molar-refractivity contribution in [2.75, 3.05) is 0 Å². The lowest BCUT2D eigenvalue weighted by Gasteiger charge is -2.17. The molecule has 2 aromatic heterocycles. The Kier molecular flexibility index (Phi) is 5.91. The second-order valence-electron chi connectivity index (χ2n) is 7.36. The molecule has 8 heteroatoms. The van der Waals surface area contributed by atoms with Crippen LogP contribution in [0.15, 0.2) is 78.9 Å². The lowest BCUT2D eigenvalue weighted by Crippen LogP contribution is -2.09. The van der Waals surface area contributed by atoms with Gasteiger partial charge in [-0.2, -0.15) is 13.2 Å². The molecule has 168 valence electrons. The van der Waals surface area contributed by atoms with Crippen molar-refractivity contribution in [3.63, 3.8) is 0 Å². The van der Waals surface area contributed by atoms with E-state index in [9.17, 15) is 23.1 Å². The molecule has 0 saturated carbocycles. The summed E-state index contributed by atoms with van der Waals surface area (Å²) in [5.41, 5.74) is 1.17. The lowest BCUT2D eigenvalue weighted by atomic mass is 10.1. The van der Waals surface area contributed by atoms with Crippen LogP contribution in [0.25, 0.3) is 17.1 Å². The molecule has 1 N–H and O–H groups in total. The fourth-order valence-corrected chi connectivity index (χ4v) is 3.49. The molecule has 0 bridgehead atoms. The van der Waals surface area contributed by atoms with Gasteiger partial charge in [-0.1, -0.05) is 36.4 Å². The largest absolute Gasteiger partial charge is 0.488 e. The van der Waals surface area contributed by atoms with Crippen molar-refractivity contribution in [1.82, 2.24) is 9.55 Å². The zero-order valence-electron chi connectivity index (χ0n) is 17.5. The predicted molar refractivity (Wildman–Crippen MR) is 116 cm³/mol. The number of carboxylic acid groups (broad SMARTS) is 1. The predicted octanol–water partition coefficient (Wildman–Crippen LogP) is 6.14. The van der Waals surface area contributed by atoms with E-state index in [1.165, 1.54) is 18.2 Å². The van der Waals surface area contributed by atoms with Crippen LogP contribution < -0.4 is 4.74 Å². The van der Waals surface area contributed by atoms with Crippen LogP contribution in [0.4, 0.5) is 13.2 Å². The summed E-state index contributed by atoms with van der Waals surface area (Å²) in [5, 5.41) is 9.29. The topological polar surface area (TPSA) is 64.3 Å². The molecule has 2 heterocycles. The van der Waals surface area contributed by atoms with Gasteiger partial charge in [-0.25, -0.2) is 9.78 Å². The van der Waals surface area contributed by atoms with Gasteiger partial charge in [0.05, 0.1) is 11.3 Å².